The van der Waals surface area contributed by atoms with Gasteiger partial charge in [-0.25, -0.2) is 4.39 Å². The summed E-state index contributed by atoms with van der Waals surface area (Å²) in [5.41, 5.74) is 0.251. The topological polar surface area (TPSA) is 30.0 Å². The van der Waals surface area contributed by atoms with Gasteiger partial charge in [0, 0.05) is 12.6 Å². The average molecular weight is 181 g/mol. The highest BCUT2D eigenvalue weighted by atomic mass is 19.1. The van der Waals surface area contributed by atoms with E-state index < -0.39 is 5.82 Å². The molecule has 0 bridgehead atoms. The molecule has 0 aliphatic heterocycles. The highest BCUT2D eigenvalue weighted by Crippen LogP contribution is 2.05. The van der Waals surface area contributed by atoms with E-state index in [9.17, 15) is 9.18 Å². The van der Waals surface area contributed by atoms with E-state index in [0.29, 0.717) is 6.42 Å². The third kappa shape index (κ3) is 2.93. The zero-order chi connectivity index (χ0) is 9.68. The Bertz CT molecular complexity index is 299. The lowest BCUT2D eigenvalue weighted by Gasteiger charge is -1.99. The number of carbonyl (C=O) groups excluding carboxylic acids is 1. The Labute approximate surface area is 76.8 Å². The van der Waals surface area contributed by atoms with Crippen molar-refractivity contribution in [3.05, 3.63) is 29.8 Å². The number of ketones is 1. The number of hydrogen-bond donors (Lipinski definition) is 0. The van der Waals surface area contributed by atoms with Crippen LogP contribution in [0.4, 0.5) is 4.39 Å². The SMILES string of the molecule is CCCC(=O)Cc1ncccc1F. The zero-order valence-electron chi connectivity index (χ0n) is 7.59. The van der Waals surface area contributed by atoms with Crippen LogP contribution in [0.15, 0.2) is 18.3 Å². The maximum atomic E-state index is 13.0. The minimum atomic E-state index is -0.396. The van der Waals surface area contributed by atoms with E-state index in [2.05, 4.69) is 4.98 Å². The Morgan fingerprint density at radius 3 is 3.00 bits per heavy atom. The van der Waals surface area contributed by atoms with Crippen LogP contribution < -0.4 is 0 Å². The summed E-state index contributed by atoms with van der Waals surface area (Å²) in [6, 6.07) is 2.84. The van der Waals surface area contributed by atoms with Gasteiger partial charge in [0.2, 0.25) is 0 Å². The molecule has 3 heteroatoms. The van der Waals surface area contributed by atoms with E-state index in [4.69, 9.17) is 0 Å². The smallest absolute Gasteiger partial charge is 0.145 e. The predicted octanol–water partition coefficient (Wildman–Crippen LogP) is 2.13. The second-order valence-electron chi connectivity index (χ2n) is 2.90. The maximum absolute atomic E-state index is 13.0. The van der Waals surface area contributed by atoms with E-state index >= 15 is 0 Å². The number of nitrogens with zero attached hydrogens (tertiary/aromatic N) is 1. The van der Waals surface area contributed by atoms with Gasteiger partial charge < -0.3 is 0 Å². The summed E-state index contributed by atoms with van der Waals surface area (Å²) in [5.74, 6) is -0.355. The Kier molecular flexibility index (Phi) is 3.55. The van der Waals surface area contributed by atoms with Gasteiger partial charge in [0.1, 0.15) is 11.6 Å². The molecular formula is C10H12FNO. The fourth-order valence-corrected chi connectivity index (χ4v) is 1.10. The molecule has 0 saturated heterocycles. The number of pyridine rings is 1. The molecule has 1 rings (SSSR count). The van der Waals surface area contributed by atoms with Crippen molar-refractivity contribution in [1.29, 1.82) is 0 Å². The number of Topliss-reactive ketones (excluding diaryl/α,β-unsaturated/α-hetero) is 1. The summed E-state index contributed by atoms with van der Waals surface area (Å²) in [7, 11) is 0. The molecule has 0 aliphatic rings. The molecule has 70 valence electrons. The lowest BCUT2D eigenvalue weighted by Crippen LogP contribution is -2.05. The highest BCUT2D eigenvalue weighted by molar-refractivity contribution is 5.80. The van der Waals surface area contributed by atoms with Crippen LogP contribution >= 0.6 is 0 Å². The molecule has 0 N–H and O–H groups in total. The first kappa shape index (κ1) is 9.84. The second-order valence-corrected chi connectivity index (χ2v) is 2.90. The molecule has 0 saturated carbocycles. The van der Waals surface area contributed by atoms with Crippen LogP contribution in [0.25, 0.3) is 0 Å². The number of hydrogen-bond acceptors (Lipinski definition) is 2. The van der Waals surface area contributed by atoms with Crippen LogP contribution in [-0.4, -0.2) is 10.8 Å². The molecule has 1 heterocycles. The normalized spacial score (nSPS) is 10.0. The quantitative estimate of drug-likeness (QED) is 0.712. The average Bonchev–Trinajstić information content (AvgIpc) is 2.09. The van der Waals surface area contributed by atoms with E-state index in [1.54, 1.807) is 0 Å². The largest absolute Gasteiger partial charge is 0.299 e. The minimum absolute atomic E-state index is 0.0418. The van der Waals surface area contributed by atoms with Crippen molar-refractivity contribution in [2.45, 2.75) is 26.2 Å². The molecule has 0 fully saturated rings. The molecule has 0 amide bonds. The summed E-state index contributed by atoms with van der Waals surface area (Å²) in [4.78, 5) is 15.0. The number of carbonyl (C=O) groups is 1. The first-order chi connectivity index (χ1) is 6.24. The van der Waals surface area contributed by atoms with Crippen molar-refractivity contribution in [1.82, 2.24) is 4.98 Å². The molecule has 2 nitrogen and oxygen atoms in total. The van der Waals surface area contributed by atoms with Gasteiger partial charge in [0.15, 0.2) is 0 Å². The molecule has 0 spiro atoms. The van der Waals surface area contributed by atoms with Crippen molar-refractivity contribution >= 4 is 5.78 Å². The fourth-order valence-electron chi connectivity index (χ4n) is 1.10. The van der Waals surface area contributed by atoms with E-state index in [-0.39, 0.29) is 17.9 Å². The van der Waals surface area contributed by atoms with Crippen LogP contribution in [0.1, 0.15) is 25.5 Å². The summed E-state index contributed by atoms with van der Waals surface area (Å²) in [6.45, 7) is 1.92. The van der Waals surface area contributed by atoms with Crippen LogP contribution in [-0.2, 0) is 11.2 Å². The molecule has 0 aliphatic carbocycles. The molecule has 0 aromatic carbocycles. The first-order valence-corrected chi connectivity index (χ1v) is 4.35. The van der Waals surface area contributed by atoms with Crippen molar-refractivity contribution in [3.63, 3.8) is 0 Å². The molecule has 0 atom stereocenters. The summed E-state index contributed by atoms with van der Waals surface area (Å²) >= 11 is 0. The third-order valence-electron chi connectivity index (χ3n) is 1.73. The van der Waals surface area contributed by atoms with Gasteiger partial charge in [-0.3, -0.25) is 9.78 Å². The molecular weight excluding hydrogens is 169 g/mol. The predicted molar refractivity (Wildman–Crippen MR) is 47.8 cm³/mol. The van der Waals surface area contributed by atoms with Gasteiger partial charge in [-0.1, -0.05) is 6.92 Å². The van der Waals surface area contributed by atoms with Crippen LogP contribution in [0.2, 0.25) is 0 Å². The van der Waals surface area contributed by atoms with Crippen molar-refractivity contribution < 1.29 is 9.18 Å². The summed E-state index contributed by atoms with van der Waals surface area (Å²) in [5, 5.41) is 0. The van der Waals surface area contributed by atoms with E-state index in [1.165, 1.54) is 18.3 Å². The molecule has 0 radical (unpaired) electrons. The highest BCUT2D eigenvalue weighted by Gasteiger charge is 2.07. The van der Waals surface area contributed by atoms with Gasteiger partial charge in [-0.05, 0) is 18.6 Å². The van der Waals surface area contributed by atoms with E-state index in [0.717, 1.165) is 6.42 Å². The number of aromatic nitrogens is 1. The van der Waals surface area contributed by atoms with Crippen molar-refractivity contribution in [3.8, 4) is 0 Å². The lowest BCUT2D eigenvalue weighted by molar-refractivity contribution is -0.118. The van der Waals surface area contributed by atoms with E-state index in [1.807, 2.05) is 6.92 Å². The Morgan fingerprint density at radius 1 is 1.62 bits per heavy atom. The van der Waals surface area contributed by atoms with Crippen molar-refractivity contribution in [2.75, 3.05) is 0 Å². The number of rotatable bonds is 4. The standard InChI is InChI=1S/C10H12FNO/c1-2-4-8(13)7-10-9(11)5-3-6-12-10/h3,5-6H,2,4,7H2,1H3. The first-order valence-electron chi connectivity index (χ1n) is 4.35. The molecule has 1 aromatic rings. The Morgan fingerprint density at radius 2 is 2.38 bits per heavy atom. The molecule has 1 aromatic heterocycles. The third-order valence-corrected chi connectivity index (χ3v) is 1.73. The fraction of sp³-hybridized carbons (Fsp3) is 0.400. The monoisotopic (exact) mass is 181 g/mol. The van der Waals surface area contributed by atoms with Crippen molar-refractivity contribution in [2.24, 2.45) is 0 Å². The lowest BCUT2D eigenvalue weighted by atomic mass is 10.1. The van der Waals surface area contributed by atoms with Gasteiger partial charge >= 0.3 is 0 Å². The van der Waals surface area contributed by atoms with Gasteiger partial charge in [0.05, 0.1) is 12.1 Å². The Hall–Kier alpha value is -1.25. The van der Waals surface area contributed by atoms with Crippen LogP contribution in [0.3, 0.4) is 0 Å². The summed E-state index contributed by atoms with van der Waals surface area (Å²) in [6.07, 6.45) is 2.90. The van der Waals surface area contributed by atoms with Gasteiger partial charge in [0.25, 0.3) is 0 Å². The van der Waals surface area contributed by atoms with Gasteiger partial charge in [-0.15, -0.1) is 0 Å². The summed E-state index contributed by atoms with van der Waals surface area (Å²) < 4.78 is 13.0. The minimum Gasteiger partial charge on any atom is -0.299 e. The molecule has 13 heavy (non-hydrogen) atoms. The second kappa shape index (κ2) is 4.70. The molecule has 0 unspecified atom stereocenters. The maximum Gasteiger partial charge on any atom is 0.145 e. The van der Waals surface area contributed by atoms with Gasteiger partial charge in [-0.2, -0.15) is 0 Å². The van der Waals surface area contributed by atoms with Crippen LogP contribution in [0.5, 0.6) is 0 Å². The number of halogens is 1. The Balaban J connectivity index is 2.63. The van der Waals surface area contributed by atoms with Crippen LogP contribution in [0, 0.1) is 5.82 Å². The zero-order valence-corrected chi connectivity index (χ0v) is 7.59.